The summed E-state index contributed by atoms with van der Waals surface area (Å²) in [6, 6.07) is 2.14. The second-order valence-corrected chi connectivity index (χ2v) is 5.31. The predicted octanol–water partition coefficient (Wildman–Crippen LogP) is 2.24. The first-order valence-corrected chi connectivity index (χ1v) is 6.74. The molecule has 1 aromatic rings. The molecule has 0 aliphatic rings. The van der Waals surface area contributed by atoms with Crippen LogP contribution in [0.5, 0.6) is 0 Å². The first-order chi connectivity index (χ1) is 8.13. The summed E-state index contributed by atoms with van der Waals surface area (Å²) in [5.74, 6) is 0.659. The van der Waals surface area contributed by atoms with E-state index in [0.717, 1.165) is 30.5 Å². The fourth-order valence-electron chi connectivity index (χ4n) is 1.36. The predicted molar refractivity (Wildman–Crippen MR) is 72.2 cm³/mol. The maximum absolute atomic E-state index is 8.53. The zero-order valence-corrected chi connectivity index (χ0v) is 11.5. The van der Waals surface area contributed by atoms with Crippen LogP contribution in [-0.4, -0.2) is 25.1 Å². The van der Waals surface area contributed by atoms with Crippen LogP contribution in [0.1, 0.15) is 26.0 Å². The van der Waals surface area contributed by atoms with Crippen molar-refractivity contribution in [1.82, 2.24) is 10.3 Å². The van der Waals surface area contributed by atoms with Gasteiger partial charge in [0.05, 0.1) is 18.2 Å². The Morgan fingerprint density at radius 3 is 3.00 bits per heavy atom. The van der Waals surface area contributed by atoms with Crippen LogP contribution in [-0.2, 0) is 6.54 Å². The van der Waals surface area contributed by atoms with Crippen molar-refractivity contribution in [1.29, 1.82) is 5.26 Å². The number of nitrogens with zero attached hydrogens (tertiary/aromatic N) is 3. The first kappa shape index (κ1) is 13.9. The van der Waals surface area contributed by atoms with E-state index in [1.165, 1.54) is 0 Å². The molecule has 94 valence electrons. The topological polar surface area (TPSA) is 52.0 Å². The van der Waals surface area contributed by atoms with Crippen LogP contribution in [0.2, 0.25) is 0 Å². The molecule has 17 heavy (non-hydrogen) atoms. The lowest BCUT2D eigenvalue weighted by Crippen LogP contribution is -2.20. The number of thiazole rings is 1. The maximum atomic E-state index is 8.53. The quantitative estimate of drug-likeness (QED) is 0.808. The summed E-state index contributed by atoms with van der Waals surface area (Å²) in [5, 5.41) is 15.0. The van der Waals surface area contributed by atoms with E-state index in [9.17, 15) is 0 Å². The molecule has 4 nitrogen and oxygen atoms in total. The molecular weight excluding hydrogens is 232 g/mol. The van der Waals surface area contributed by atoms with Gasteiger partial charge in [0.15, 0.2) is 5.13 Å². The van der Waals surface area contributed by atoms with E-state index in [2.05, 4.69) is 35.6 Å². The van der Waals surface area contributed by atoms with Crippen molar-refractivity contribution in [3.05, 3.63) is 11.1 Å². The third-order valence-corrected chi connectivity index (χ3v) is 3.29. The Hall–Kier alpha value is -1.12. The van der Waals surface area contributed by atoms with Crippen LogP contribution in [0.15, 0.2) is 5.38 Å². The normalized spacial score (nSPS) is 10.5. The Kier molecular flexibility index (Phi) is 5.95. The van der Waals surface area contributed by atoms with E-state index < -0.39 is 0 Å². The van der Waals surface area contributed by atoms with Crippen LogP contribution >= 0.6 is 11.3 Å². The second-order valence-electron chi connectivity index (χ2n) is 4.48. The van der Waals surface area contributed by atoms with Gasteiger partial charge in [-0.15, -0.1) is 11.3 Å². The molecule has 0 unspecified atom stereocenters. The van der Waals surface area contributed by atoms with Gasteiger partial charge in [0.1, 0.15) is 0 Å². The number of nitrogens with one attached hydrogen (secondary N) is 1. The third-order valence-electron chi connectivity index (χ3n) is 2.28. The van der Waals surface area contributed by atoms with Crippen LogP contribution in [0.3, 0.4) is 0 Å². The largest absolute Gasteiger partial charge is 0.350 e. The molecule has 0 bridgehead atoms. The number of nitriles is 1. The minimum absolute atomic E-state index is 0.539. The van der Waals surface area contributed by atoms with Gasteiger partial charge in [-0.1, -0.05) is 13.8 Å². The number of anilines is 1. The Morgan fingerprint density at radius 2 is 2.35 bits per heavy atom. The van der Waals surface area contributed by atoms with Crippen LogP contribution in [0.25, 0.3) is 0 Å². The van der Waals surface area contributed by atoms with Gasteiger partial charge in [-0.25, -0.2) is 4.98 Å². The first-order valence-electron chi connectivity index (χ1n) is 5.86. The lowest BCUT2D eigenvalue weighted by atomic mass is 10.2. The van der Waals surface area contributed by atoms with Crippen molar-refractivity contribution >= 4 is 16.5 Å². The van der Waals surface area contributed by atoms with Gasteiger partial charge in [0.25, 0.3) is 0 Å². The Balaban J connectivity index is 2.39. The van der Waals surface area contributed by atoms with Gasteiger partial charge in [-0.05, 0) is 12.5 Å². The van der Waals surface area contributed by atoms with E-state index in [1.807, 2.05) is 11.9 Å². The van der Waals surface area contributed by atoms with Crippen molar-refractivity contribution in [3.63, 3.8) is 0 Å². The molecular formula is C12H20N4S. The summed E-state index contributed by atoms with van der Waals surface area (Å²) >= 11 is 1.63. The average molecular weight is 252 g/mol. The van der Waals surface area contributed by atoms with Crippen LogP contribution in [0, 0.1) is 17.2 Å². The maximum Gasteiger partial charge on any atom is 0.185 e. The Morgan fingerprint density at radius 1 is 1.59 bits per heavy atom. The van der Waals surface area contributed by atoms with E-state index >= 15 is 0 Å². The fourth-order valence-corrected chi connectivity index (χ4v) is 2.17. The molecule has 0 radical (unpaired) electrons. The summed E-state index contributed by atoms with van der Waals surface area (Å²) < 4.78 is 0. The van der Waals surface area contributed by atoms with Gasteiger partial charge in [-0.3, -0.25) is 0 Å². The monoisotopic (exact) mass is 252 g/mol. The van der Waals surface area contributed by atoms with Gasteiger partial charge in [0.2, 0.25) is 0 Å². The molecule has 0 atom stereocenters. The number of hydrogen-bond acceptors (Lipinski definition) is 5. The van der Waals surface area contributed by atoms with Crippen molar-refractivity contribution in [2.24, 2.45) is 5.92 Å². The average Bonchev–Trinajstić information content (AvgIpc) is 2.74. The zero-order valence-electron chi connectivity index (χ0n) is 10.7. The molecule has 1 heterocycles. The van der Waals surface area contributed by atoms with Crippen molar-refractivity contribution in [2.75, 3.05) is 25.0 Å². The van der Waals surface area contributed by atoms with E-state index in [1.54, 1.807) is 11.3 Å². The Labute approximate surface area is 107 Å². The highest BCUT2D eigenvalue weighted by molar-refractivity contribution is 7.13. The summed E-state index contributed by atoms with van der Waals surface area (Å²) in [5.41, 5.74) is 1.08. The SMILES string of the molecule is CC(C)CNCc1csc(N(C)CCC#N)n1. The lowest BCUT2D eigenvalue weighted by Gasteiger charge is -2.12. The molecule has 1 rings (SSSR count). The van der Waals surface area contributed by atoms with Crippen molar-refractivity contribution in [3.8, 4) is 6.07 Å². The Bertz CT molecular complexity index is 367. The highest BCUT2D eigenvalue weighted by atomic mass is 32.1. The number of aromatic nitrogens is 1. The molecule has 1 N–H and O–H groups in total. The van der Waals surface area contributed by atoms with Crippen molar-refractivity contribution in [2.45, 2.75) is 26.8 Å². The van der Waals surface area contributed by atoms with E-state index in [-0.39, 0.29) is 0 Å². The molecule has 1 aromatic heterocycles. The summed E-state index contributed by atoms with van der Waals surface area (Å²) in [6.45, 7) is 6.95. The molecule has 5 heteroatoms. The van der Waals surface area contributed by atoms with E-state index in [0.29, 0.717) is 12.3 Å². The summed E-state index contributed by atoms with van der Waals surface area (Å²) in [7, 11) is 1.97. The minimum Gasteiger partial charge on any atom is -0.350 e. The second kappa shape index (κ2) is 7.25. The van der Waals surface area contributed by atoms with Gasteiger partial charge >= 0.3 is 0 Å². The van der Waals surface area contributed by atoms with Gasteiger partial charge in [-0.2, -0.15) is 5.26 Å². The standard InChI is InChI=1S/C12H20N4S/c1-10(2)7-14-8-11-9-17-12(15-11)16(3)6-4-5-13/h9-10,14H,4,6-8H2,1-3H3. The third kappa shape index (κ3) is 5.16. The molecule has 0 saturated carbocycles. The fraction of sp³-hybridized carbons (Fsp3) is 0.667. The van der Waals surface area contributed by atoms with Crippen LogP contribution < -0.4 is 10.2 Å². The molecule has 0 fully saturated rings. The number of rotatable bonds is 7. The zero-order chi connectivity index (χ0) is 12.7. The lowest BCUT2D eigenvalue weighted by molar-refractivity contribution is 0.549. The van der Waals surface area contributed by atoms with Crippen molar-refractivity contribution < 1.29 is 0 Å². The molecule has 0 aliphatic heterocycles. The smallest absolute Gasteiger partial charge is 0.185 e. The van der Waals surface area contributed by atoms with Crippen LogP contribution in [0.4, 0.5) is 5.13 Å². The molecule has 0 amide bonds. The molecule has 0 aliphatic carbocycles. The van der Waals surface area contributed by atoms with E-state index in [4.69, 9.17) is 5.26 Å². The minimum atomic E-state index is 0.539. The summed E-state index contributed by atoms with van der Waals surface area (Å²) in [4.78, 5) is 6.56. The highest BCUT2D eigenvalue weighted by Crippen LogP contribution is 2.19. The molecule has 0 saturated heterocycles. The van der Waals surface area contributed by atoms with Gasteiger partial charge in [0, 0.05) is 25.5 Å². The summed E-state index contributed by atoms with van der Waals surface area (Å²) in [6.07, 6.45) is 0.539. The molecule has 0 spiro atoms. The highest BCUT2D eigenvalue weighted by Gasteiger charge is 2.06. The number of hydrogen-bond donors (Lipinski definition) is 1. The molecule has 0 aromatic carbocycles. The van der Waals surface area contributed by atoms with Gasteiger partial charge < -0.3 is 10.2 Å².